The number of amides is 1. The Morgan fingerprint density at radius 2 is 1.21 bits per heavy atom. The number of rotatable bonds is 26. The van der Waals surface area contributed by atoms with Gasteiger partial charge in [-0.2, -0.15) is 0 Å². The van der Waals surface area contributed by atoms with Gasteiger partial charge < -0.3 is 14.2 Å². The summed E-state index contributed by atoms with van der Waals surface area (Å²) in [6.07, 6.45) is 31.5. The van der Waals surface area contributed by atoms with Gasteiger partial charge in [0.05, 0.1) is 13.2 Å². The summed E-state index contributed by atoms with van der Waals surface area (Å²) in [4.78, 5) is 27.4. The monoisotopic (exact) mass is 606 g/mol. The average molecular weight is 606 g/mol. The summed E-state index contributed by atoms with van der Waals surface area (Å²) >= 11 is 0. The molecule has 0 aromatic carbocycles. The Labute approximate surface area is 265 Å². The number of esters is 1. The molecule has 6 heteroatoms. The lowest BCUT2D eigenvalue weighted by Gasteiger charge is -2.42. The van der Waals surface area contributed by atoms with Gasteiger partial charge in [0.25, 0.3) is 0 Å². The van der Waals surface area contributed by atoms with Gasteiger partial charge in [-0.1, -0.05) is 156 Å². The van der Waals surface area contributed by atoms with E-state index in [1.54, 1.807) is 4.90 Å². The van der Waals surface area contributed by atoms with Crippen LogP contribution in [-0.2, 0) is 19.0 Å². The number of cyclic esters (lactones) is 1. The number of unbranched alkanes of at least 4 members (excludes halogenated alkanes) is 19. The van der Waals surface area contributed by atoms with E-state index >= 15 is 0 Å². The van der Waals surface area contributed by atoms with Crippen molar-refractivity contribution in [2.24, 2.45) is 11.8 Å². The molecule has 0 bridgehead atoms. The molecule has 43 heavy (non-hydrogen) atoms. The van der Waals surface area contributed by atoms with Crippen molar-refractivity contribution in [2.75, 3.05) is 13.7 Å². The Morgan fingerprint density at radius 1 is 0.744 bits per heavy atom. The van der Waals surface area contributed by atoms with Crippen LogP contribution < -0.4 is 0 Å². The predicted octanol–water partition coefficient (Wildman–Crippen LogP) is 10.9. The SMILES string of the molecule is CCCCCCCCCCCCC[C@@H]1C=C(C(=O)OC)O[C@H](N2C(=O)OC[C@H]2CC)[C@H]1CCCCCCCCCCCC. The number of hydrogen-bond acceptors (Lipinski definition) is 5. The molecular formula is C37H67NO5. The smallest absolute Gasteiger partial charge is 0.413 e. The molecule has 2 heterocycles. The van der Waals surface area contributed by atoms with Crippen molar-refractivity contribution in [3.8, 4) is 0 Å². The molecule has 0 aliphatic carbocycles. The quantitative estimate of drug-likeness (QED) is 0.0725. The van der Waals surface area contributed by atoms with Crippen LogP contribution >= 0.6 is 0 Å². The zero-order chi connectivity index (χ0) is 31.1. The molecule has 0 aromatic rings. The molecule has 0 saturated carbocycles. The molecule has 2 aliphatic heterocycles. The van der Waals surface area contributed by atoms with E-state index in [1.165, 1.54) is 129 Å². The van der Waals surface area contributed by atoms with Crippen LogP contribution in [0.5, 0.6) is 0 Å². The van der Waals surface area contributed by atoms with Crippen LogP contribution in [0.4, 0.5) is 4.79 Å². The molecule has 2 aliphatic rings. The largest absolute Gasteiger partial charge is 0.463 e. The number of nitrogens with zero attached hydrogens (tertiary/aromatic N) is 1. The van der Waals surface area contributed by atoms with E-state index in [4.69, 9.17) is 14.2 Å². The van der Waals surface area contributed by atoms with E-state index in [2.05, 4.69) is 20.8 Å². The van der Waals surface area contributed by atoms with E-state index < -0.39 is 12.2 Å². The van der Waals surface area contributed by atoms with Crippen LogP contribution in [0.2, 0.25) is 0 Å². The first kappa shape index (κ1) is 37.5. The number of carbonyl (C=O) groups is 2. The minimum atomic E-state index is -0.477. The van der Waals surface area contributed by atoms with Crippen molar-refractivity contribution in [1.29, 1.82) is 0 Å². The highest BCUT2D eigenvalue weighted by Gasteiger charge is 2.46. The number of allylic oxidation sites excluding steroid dienone is 1. The van der Waals surface area contributed by atoms with Crippen molar-refractivity contribution in [3.63, 3.8) is 0 Å². The molecule has 4 atom stereocenters. The van der Waals surface area contributed by atoms with E-state index in [0.717, 1.165) is 32.1 Å². The highest BCUT2D eigenvalue weighted by atomic mass is 16.6. The molecule has 0 aromatic heterocycles. The second-order valence-electron chi connectivity index (χ2n) is 13.2. The molecule has 1 fully saturated rings. The summed E-state index contributed by atoms with van der Waals surface area (Å²) in [5.41, 5.74) is 0. The van der Waals surface area contributed by atoms with E-state index in [9.17, 15) is 9.59 Å². The van der Waals surface area contributed by atoms with Gasteiger partial charge in [0.1, 0.15) is 6.61 Å². The summed E-state index contributed by atoms with van der Waals surface area (Å²) < 4.78 is 16.9. The normalized spacial score (nSPS) is 21.9. The highest BCUT2D eigenvalue weighted by Crippen LogP contribution is 2.40. The summed E-state index contributed by atoms with van der Waals surface area (Å²) in [6.45, 7) is 7.01. The Kier molecular flexibility index (Phi) is 20.6. The van der Waals surface area contributed by atoms with Gasteiger partial charge in [-0.15, -0.1) is 0 Å². The fraction of sp³-hybridized carbons (Fsp3) is 0.892. The van der Waals surface area contributed by atoms with Crippen molar-refractivity contribution >= 4 is 12.1 Å². The second-order valence-corrected chi connectivity index (χ2v) is 13.2. The van der Waals surface area contributed by atoms with Crippen molar-refractivity contribution in [1.82, 2.24) is 4.90 Å². The molecule has 6 nitrogen and oxygen atoms in total. The number of carbonyl (C=O) groups excluding carboxylic acids is 2. The molecule has 2 rings (SSSR count). The predicted molar refractivity (Wildman–Crippen MR) is 177 cm³/mol. The van der Waals surface area contributed by atoms with Crippen LogP contribution in [0.25, 0.3) is 0 Å². The molecular weight excluding hydrogens is 538 g/mol. The zero-order valence-electron chi connectivity index (χ0n) is 28.6. The van der Waals surface area contributed by atoms with Crippen LogP contribution in [0.1, 0.15) is 175 Å². The third-order valence-electron chi connectivity index (χ3n) is 9.70. The fourth-order valence-corrected chi connectivity index (χ4v) is 6.93. The molecule has 0 radical (unpaired) electrons. The minimum absolute atomic E-state index is 0.0210. The Balaban J connectivity index is 1.94. The fourth-order valence-electron chi connectivity index (χ4n) is 6.93. The van der Waals surface area contributed by atoms with Gasteiger partial charge >= 0.3 is 12.1 Å². The molecule has 250 valence electrons. The second kappa shape index (κ2) is 23.6. The number of methoxy groups -OCH3 is 1. The first-order chi connectivity index (χ1) is 21.1. The highest BCUT2D eigenvalue weighted by molar-refractivity contribution is 5.86. The molecule has 0 spiro atoms. The van der Waals surface area contributed by atoms with E-state index in [0.29, 0.717) is 6.61 Å². The lowest BCUT2D eigenvalue weighted by Crippen LogP contribution is -2.51. The first-order valence-corrected chi connectivity index (χ1v) is 18.5. The molecule has 0 N–H and O–H groups in total. The Bertz CT molecular complexity index is 768. The Morgan fingerprint density at radius 3 is 1.67 bits per heavy atom. The topological polar surface area (TPSA) is 65.1 Å². The van der Waals surface area contributed by atoms with Gasteiger partial charge in [0, 0.05) is 5.92 Å². The summed E-state index contributed by atoms with van der Waals surface area (Å²) in [5, 5.41) is 0. The summed E-state index contributed by atoms with van der Waals surface area (Å²) in [7, 11) is 1.40. The maximum absolute atomic E-state index is 12.9. The third kappa shape index (κ3) is 14.3. The van der Waals surface area contributed by atoms with Crippen LogP contribution in [-0.4, -0.2) is 42.9 Å². The maximum atomic E-state index is 12.9. The van der Waals surface area contributed by atoms with Crippen LogP contribution in [0, 0.1) is 11.8 Å². The minimum Gasteiger partial charge on any atom is -0.463 e. The molecule has 1 amide bonds. The lowest BCUT2D eigenvalue weighted by atomic mass is 9.80. The Hall–Kier alpha value is -1.72. The van der Waals surface area contributed by atoms with Crippen LogP contribution in [0.15, 0.2) is 11.8 Å². The summed E-state index contributed by atoms with van der Waals surface area (Å²) in [5.74, 6) is 0.155. The van der Waals surface area contributed by atoms with Crippen molar-refractivity contribution in [3.05, 3.63) is 11.8 Å². The van der Waals surface area contributed by atoms with Gasteiger partial charge in [0.2, 0.25) is 5.76 Å². The standard InChI is InChI=1S/C37H67NO5/c1-5-8-10-12-14-16-18-19-21-23-25-27-31-29-34(36(39)41-4)43-35(38-32(7-3)30-42-37(38)40)33(31)28-26-24-22-20-17-15-13-11-9-6-2/h29,31-33,35H,5-28,30H2,1-4H3/t31-,32-,33+,35+/m1/s1. The van der Waals surface area contributed by atoms with Crippen molar-refractivity contribution < 1.29 is 23.8 Å². The summed E-state index contributed by atoms with van der Waals surface area (Å²) in [6, 6.07) is -0.0210. The zero-order valence-corrected chi connectivity index (χ0v) is 28.6. The van der Waals surface area contributed by atoms with E-state index in [-0.39, 0.29) is 29.7 Å². The average Bonchev–Trinajstić information content (AvgIpc) is 3.40. The van der Waals surface area contributed by atoms with Gasteiger partial charge in [-0.05, 0) is 31.3 Å². The number of ether oxygens (including phenoxy) is 3. The maximum Gasteiger partial charge on any atom is 0.413 e. The van der Waals surface area contributed by atoms with E-state index in [1.807, 2.05) is 6.08 Å². The molecule has 1 saturated heterocycles. The lowest BCUT2D eigenvalue weighted by molar-refractivity contribution is -0.148. The molecule has 0 unspecified atom stereocenters. The van der Waals surface area contributed by atoms with Gasteiger partial charge in [-0.25, -0.2) is 9.59 Å². The van der Waals surface area contributed by atoms with Gasteiger partial charge in [0.15, 0.2) is 6.23 Å². The van der Waals surface area contributed by atoms with Crippen molar-refractivity contribution in [2.45, 2.75) is 187 Å². The first-order valence-electron chi connectivity index (χ1n) is 18.5. The third-order valence-corrected chi connectivity index (χ3v) is 9.70. The van der Waals surface area contributed by atoms with Crippen LogP contribution in [0.3, 0.4) is 0 Å². The number of hydrogen-bond donors (Lipinski definition) is 0. The van der Waals surface area contributed by atoms with Gasteiger partial charge in [-0.3, -0.25) is 4.90 Å².